The Kier molecular flexibility index (Phi) is 4.04. The van der Waals surface area contributed by atoms with E-state index < -0.39 is 0 Å². The van der Waals surface area contributed by atoms with Crippen LogP contribution in [0.25, 0.3) is 0 Å². The topological polar surface area (TPSA) is 18.5 Å². The third-order valence-corrected chi connectivity index (χ3v) is 3.55. The van der Waals surface area contributed by atoms with Crippen molar-refractivity contribution in [3.8, 4) is 12.3 Å². The average Bonchev–Trinajstić information content (AvgIpc) is 2.59. The predicted molar refractivity (Wildman–Crippen MR) is 68.4 cm³/mol. The normalized spacial score (nSPS) is 29.5. The van der Waals surface area contributed by atoms with Gasteiger partial charge in [0.05, 0.1) is 6.10 Å². The molecule has 2 rings (SSSR count). The van der Waals surface area contributed by atoms with Crippen molar-refractivity contribution in [3.05, 3.63) is 23.3 Å². The van der Waals surface area contributed by atoms with Gasteiger partial charge < -0.3 is 9.47 Å². The standard InChI is InChI=1S/C15H20O2/c1-4-7-13-11(2)10-14(12(13)3)17-15-8-5-6-9-16-15/h1,14-15H,2,5-10H2,3H3/t14?,15-/m0/s1. The zero-order chi connectivity index (χ0) is 12.3. The first kappa shape index (κ1) is 12.4. The van der Waals surface area contributed by atoms with Gasteiger partial charge in [0.25, 0.3) is 0 Å². The molecule has 1 fully saturated rings. The molecule has 0 bridgehead atoms. The second-order valence-corrected chi connectivity index (χ2v) is 4.77. The van der Waals surface area contributed by atoms with Gasteiger partial charge in [0.2, 0.25) is 0 Å². The fraction of sp³-hybridized carbons (Fsp3) is 0.600. The minimum atomic E-state index is -0.0401. The summed E-state index contributed by atoms with van der Waals surface area (Å²) in [5.74, 6) is 2.69. The Bertz CT molecular complexity index is 367. The maximum Gasteiger partial charge on any atom is 0.158 e. The minimum absolute atomic E-state index is 0.0401. The summed E-state index contributed by atoms with van der Waals surface area (Å²) < 4.78 is 11.6. The lowest BCUT2D eigenvalue weighted by molar-refractivity contribution is -0.179. The second kappa shape index (κ2) is 5.53. The van der Waals surface area contributed by atoms with Crippen molar-refractivity contribution in [2.45, 2.75) is 51.4 Å². The number of allylic oxidation sites excluding steroid dienone is 1. The lowest BCUT2D eigenvalue weighted by Crippen LogP contribution is -2.27. The molecule has 1 saturated heterocycles. The molecule has 2 heteroatoms. The summed E-state index contributed by atoms with van der Waals surface area (Å²) >= 11 is 0. The Balaban J connectivity index is 1.98. The first-order chi connectivity index (χ1) is 8.22. The summed E-state index contributed by atoms with van der Waals surface area (Å²) in [5.41, 5.74) is 3.57. The van der Waals surface area contributed by atoms with E-state index in [0.717, 1.165) is 31.4 Å². The van der Waals surface area contributed by atoms with Gasteiger partial charge in [0.15, 0.2) is 6.29 Å². The molecule has 0 radical (unpaired) electrons. The van der Waals surface area contributed by atoms with E-state index in [1.807, 2.05) is 0 Å². The summed E-state index contributed by atoms with van der Waals surface area (Å²) in [7, 11) is 0. The summed E-state index contributed by atoms with van der Waals surface area (Å²) in [5, 5.41) is 0. The highest BCUT2D eigenvalue weighted by Crippen LogP contribution is 2.35. The van der Waals surface area contributed by atoms with Gasteiger partial charge in [-0.25, -0.2) is 0 Å². The van der Waals surface area contributed by atoms with Crippen molar-refractivity contribution < 1.29 is 9.47 Å². The van der Waals surface area contributed by atoms with Crippen LogP contribution < -0.4 is 0 Å². The Labute approximate surface area is 104 Å². The molecule has 2 aliphatic rings. The highest BCUT2D eigenvalue weighted by atomic mass is 16.7. The smallest absolute Gasteiger partial charge is 0.158 e. The fourth-order valence-electron chi connectivity index (χ4n) is 2.49. The lowest BCUT2D eigenvalue weighted by atomic mass is 10.1. The molecule has 17 heavy (non-hydrogen) atoms. The number of rotatable bonds is 3. The Morgan fingerprint density at radius 3 is 3.00 bits per heavy atom. The summed E-state index contributed by atoms with van der Waals surface area (Å²) in [6, 6.07) is 0. The van der Waals surface area contributed by atoms with Crippen LogP contribution in [0.2, 0.25) is 0 Å². The van der Waals surface area contributed by atoms with Crippen LogP contribution >= 0.6 is 0 Å². The predicted octanol–water partition coefficient (Wildman–Crippen LogP) is 3.20. The molecule has 0 amide bonds. The number of hydrogen-bond donors (Lipinski definition) is 0. The minimum Gasteiger partial charge on any atom is -0.353 e. The molecule has 92 valence electrons. The van der Waals surface area contributed by atoms with Crippen LogP contribution in [0, 0.1) is 12.3 Å². The van der Waals surface area contributed by atoms with E-state index in [4.69, 9.17) is 15.9 Å². The monoisotopic (exact) mass is 232 g/mol. The molecule has 1 aliphatic heterocycles. The van der Waals surface area contributed by atoms with Crippen LogP contribution in [-0.2, 0) is 9.47 Å². The largest absolute Gasteiger partial charge is 0.353 e. The summed E-state index contributed by atoms with van der Waals surface area (Å²) in [6.45, 7) is 6.99. The van der Waals surface area contributed by atoms with Crippen molar-refractivity contribution in [2.24, 2.45) is 0 Å². The Morgan fingerprint density at radius 2 is 2.35 bits per heavy atom. The zero-order valence-corrected chi connectivity index (χ0v) is 10.5. The van der Waals surface area contributed by atoms with E-state index in [2.05, 4.69) is 19.4 Å². The third-order valence-electron chi connectivity index (χ3n) is 3.55. The van der Waals surface area contributed by atoms with E-state index in [1.165, 1.54) is 17.6 Å². The van der Waals surface area contributed by atoms with E-state index in [-0.39, 0.29) is 12.4 Å². The molecular formula is C15H20O2. The van der Waals surface area contributed by atoms with Gasteiger partial charge in [-0.1, -0.05) is 6.58 Å². The maximum absolute atomic E-state index is 6.00. The van der Waals surface area contributed by atoms with Crippen LogP contribution in [-0.4, -0.2) is 19.0 Å². The molecule has 1 aliphatic carbocycles. The fourth-order valence-corrected chi connectivity index (χ4v) is 2.49. The molecule has 0 spiro atoms. The van der Waals surface area contributed by atoms with Crippen molar-refractivity contribution in [2.75, 3.05) is 6.61 Å². The van der Waals surface area contributed by atoms with Gasteiger partial charge in [-0.15, -0.1) is 12.3 Å². The lowest BCUT2D eigenvalue weighted by Gasteiger charge is -2.26. The van der Waals surface area contributed by atoms with Crippen molar-refractivity contribution in [1.82, 2.24) is 0 Å². The van der Waals surface area contributed by atoms with Gasteiger partial charge in [-0.2, -0.15) is 0 Å². The first-order valence-corrected chi connectivity index (χ1v) is 6.30. The Hall–Kier alpha value is -1.04. The molecule has 0 aromatic rings. The molecule has 2 nitrogen and oxygen atoms in total. The quantitative estimate of drug-likeness (QED) is 0.696. The van der Waals surface area contributed by atoms with Crippen molar-refractivity contribution in [1.29, 1.82) is 0 Å². The van der Waals surface area contributed by atoms with Crippen molar-refractivity contribution in [3.63, 3.8) is 0 Å². The van der Waals surface area contributed by atoms with Gasteiger partial charge in [-0.05, 0) is 42.9 Å². The van der Waals surface area contributed by atoms with Gasteiger partial charge >= 0.3 is 0 Å². The summed E-state index contributed by atoms with van der Waals surface area (Å²) in [6.07, 6.45) is 10.3. The van der Waals surface area contributed by atoms with E-state index in [1.54, 1.807) is 0 Å². The van der Waals surface area contributed by atoms with Gasteiger partial charge in [0, 0.05) is 19.4 Å². The van der Waals surface area contributed by atoms with Crippen LogP contribution in [0.1, 0.15) is 39.0 Å². The molecule has 1 heterocycles. The highest BCUT2D eigenvalue weighted by Gasteiger charge is 2.28. The van der Waals surface area contributed by atoms with Crippen LogP contribution in [0.4, 0.5) is 0 Å². The average molecular weight is 232 g/mol. The van der Waals surface area contributed by atoms with Crippen LogP contribution in [0.5, 0.6) is 0 Å². The zero-order valence-electron chi connectivity index (χ0n) is 10.5. The molecule has 0 saturated carbocycles. The number of terminal acetylenes is 1. The third kappa shape index (κ3) is 2.80. The molecule has 0 N–H and O–H groups in total. The van der Waals surface area contributed by atoms with Crippen LogP contribution in [0.3, 0.4) is 0 Å². The number of hydrogen-bond acceptors (Lipinski definition) is 2. The second-order valence-electron chi connectivity index (χ2n) is 4.77. The molecule has 1 unspecified atom stereocenters. The SMILES string of the molecule is C#CCC1=C(C)C(O[C@H]2CCCCO2)CC1=C. The molecule has 2 atom stereocenters. The Morgan fingerprint density at radius 1 is 1.53 bits per heavy atom. The van der Waals surface area contributed by atoms with Crippen molar-refractivity contribution >= 4 is 0 Å². The first-order valence-electron chi connectivity index (χ1n) is 6.30. The van der Waals surface area contributed by atoms with Crippen LogP contribution in [0.15, 0.2) is 23.3 Å². The van der Waals surface area contributed by atoms with E-state index >= 15 is 0 Å². The highest BCUT2D eigenvalue weighted by molar-refractivity contribution is 5.43. The van der Waals surface area contributed by atoms with Gasteiger partial charge in [-0.3, -0.25) is 0 Å². The summed E-state index contributed by atoms with van der Waals surface area (Å²) in [4.78, 5) is 0. The molecule has 0 aromatic carbocycles. The van der Waals surface area contributed by atoms with E-state index in [9.17, 15) is 0 Å². The molecule has 0 aromatic heterocycles. The molecular weight excluding hydrogens is 212 g/mol. The van der Waals surface area contributed by atoms with E-state index in [0.29, 0.717) is 6.42 Å². The number of ether oxygens (including phenoxy) is 2. The van der Waals surface area contributed by atoms with Gasteiger partial charge in [0.1, 0.15) is 0 Å². The maximum atomic E-state index is 6.00.